The van der Waals surface area contributed by atoms with E-state index in [4.69, 9.17) is 9.84 Å². The van der Waals surface area contributed by atoms with E-state index in [1.54, 1.807) is 24.5 Å². The molecular formula is C27H37N3O3. The summed E-state index contributed by atoms with van der Waals surface area (Å²) in [5.41, 5.74) is 4.54. The molecule has 0 saturated heterocycles. The first-order valence-electron chi connectivity index (χ1n) is 12.5. The van der Waals surface area contributed by atoms with Crippen LogP contribution in [0.5, 0.6) is 0 Å². The van der Waals surface area contributed by atoms with Crippen LogP contribution in [0.1, 0.15) is 88.9 Å². The molecule has 4 aliphatic carbocycles. The van der Waals surface area contributed by atoms with Gasteiger partial charge in [0.25, 0.3) is 5.91 Å². The van der Waals surface area contributed by atoms with Gasteiger partial charge in [0.1, 0.15) is 0 Å². The number of carbonyl (C=O) groups is 2. The number of aromatic nitrogens is 1. The fourth-order valence-corrected chi connectivity index (χ4v) is 8.86. The van der Waals surface area contributed by atoms with Gasteiger partial charge in [-0.05, 0) is 93.1 Å². The van der Waals surface area contributed by atoms with Crippen molar-refractivity contribution in [3.63, 3.8) is 0 Å². The number of methoxy groups -OCH3 is 1. The summed E-state index contributed by atoms with van der Waals surface area (Å²) < 4.78 is 5.30. The quantitative estimate of drug-likeness (QED) is 0.509. The summed E-state index contributed by atoms with van der Waals surface area (Å²) in [5, 5.41) is 4.71. The van der Waals surface area contributed by atoms with Gasteiger partial charge in [-0.15, -0.1) is 0 Å². The fourth-order valence-electron chi connectivity index (χ4n) is 8.86. The van der Waals surface area contributed by atoms with E-state index in [-0.39, 0.29) is 33.5 Å². The molecule has 4 aliphatic rings. The maximum Gasteiger partial charge on any atom is 0.311 e. The molecule has 1 heterocycles. The third kappa shape index (κ3) is 3.27. The highest BCUT2D eigenvalue weighted by molar-refractivity contribution is 5.97. The van der Waals surface area contributed by atoms with E-state index >= 15 is 0 Å². The van der Waals surface area contributed by atoms with Crippen molar-refractivity contribution in [2.24, 2.45) is 38.6 Å². The number of hydrazone groups is 1. The summed E-state index contributed by atoms with van der Waals surface area (Å²) in [4.78, 5) is 29.5. The first-order valence-corrected chi connectivity index (χ1v) is 12.5. The van der Waals surface area contributed by atoms with Crippen molar-refractivity contribution in [2.45, 2.75) is 78.6 Å². The number of amides is 1. The van der Waals surface area contributed by atoms with Crippen LogP contribution in [0.2, 0.25) is 0 Å². The van der Waals surface area contributed by atoms with E-state index in [1.807, 2.05) is 0 Å². The number of hydrogen-bond acceptors (Lipinski definition) is 5. The number of rotatable bonds is 3. The predicted molar refractivity (Wildman–Crippen MR) is 126 cm³/mol. The molecule has 5 rings (SSSR count). The van der Waals surface area contributed by atoms with Gasteiger partial charge in [-0.25, -0.2) is 5.43 Å². The zero-order chi connectivity index (χ0) is 23.5. The first kappa shape index (κ1) is 22.5. The molecule has 6 heteroatoms. The summed E-state index contributed by atoms with van der Waals surface area (Å²) in [6.45, 7) is 6.95. The normalized spacial score (nSPS) is 42.8. The standard InChI is InChI=1S/C27H37N3O3/c1-24-12-8-20-25(2)10-6-11-26(3,23(32)33-4)19(25)9-13-27(20,17-24)15-21(24)29-30-22(31)18-7-5-14-28-16-18/h5,7,14,16,19-20H,6,8-13,15,17H2,1-4H3,(H,30,31)/t19?,20?,24-,25+,26+,27-/m0/s1. The maximum absolute atomic E-state index is 12.9. The lowest BCUT2D eigenvalue weighted by Gasteiger charge is -2.64. The van der Waals surface area contributed by atoms with Crippen LogP contribution in [-0.4, -0.2) is 29.7 Å². The second-order valence-electron chi connectivity index (χ2n) is 12.0. The highest BCUT2D eigenvalue weighted by atomic mass is 16.5. The molecule has 6 nitrogen and oxygen atoms in total. The number of esters is 1. The van der Waals surface area contributed by atoms with Crippen LogP contribution in [-0.2, 0) is 9.53 Å². The van der Waals surface area contributed by atoms with Gasteiger partial charge in [0.05, 0.1) is 18.1 Å². The van der Waals surface area contributed by atoms with Gasteiger partial charge in [0, 0.05) is 23.5 Å². The van der Waals surface area contributed by atoms with Crippen molar-refractivity contribution >= 4 is 17.6 Å². The third-order valence-corrected chi connectivity index (χ3v) is 10.3. The van der Waals surface area contributed by atoms with Crippen molar-refractivity contribution in [2.75, 3.05) is 7.11 Å². The molecule has 1 aromatic rings. The van der Waals surface area contributed by atoms with Crippen molar-refractivity contribution in [1.82, 2.24) is 10.4 Å². The van der Waals surface area contributed by atoms with Gasteiger partial charge < -0.3 is 4.74 Å². The molecule has 1 aromatic heterocycles. The second kappa shape index (κ2) is 7.64. The largest absolute Gasteiger partial charge is 0.469 e. The highest BCUT2D eigenvalue weighted by Gasteiger charge is 2.67. The zero-order valence-electron chi connectivity index (χ0n) is 20.4. The highest BCUT2D eigenvalue weighted by Crippen LogP contribution is 2.73. The number of ether oxygens (including phenoxy) is 1. The minimum atomic E-state index is -0.378. The number of nitrogens with zero attached hydrogens (tertiary/aromatic N) is 2. The van der Waals surface area contributed by atoms with E-state index in [0.717, 1.165) is 50.7 Å². The third-order valence-electron chi connectivity index (χ3n) is 10.3. The summed E-state index contributed by atoms with van der Waals surface area (Å²) >= 11 is 0. The number of carbonyl (C=O) groups excluding carboxylic acids is 2. The fraction of sp³-hybridized carbons (Fsp3) is 0.704. The van der Waals surface area contributed by atoms with Gasteiger partial charge in [-0.2, -0.15) is 5.10 Å². The van der Waals surface area contributed by atoms with Crippen molar-refractivity contribution in [3.8, 4) is 0 Å². The summed E-state index contributed by atoms with van der Waals surface area (Å²) in [6, 6.07) is 3.52. The molecular weight excluding hydrogens is 414 g/mol. The lowest BCUT2D eigenvalue weighted by Crippen LogP contribution is -2.58. The molecule has 0 radical (unpaired) electrons. The zero-order valence-corrected chi connectivity index (χ0v) is 20.4. The van der Waals surface area contributed by atoms with Gasteiger partial charge in [0.15, 0.2) is 0 Å². The summed E-state index contributed by atoms with van der Waals surface area (Å²) in [7, 11) is 1.54. The van der Waals surface area contributed by atoms with Crippen LogP contribution < -0.4 is 5.43 Å². The van der Waals surface area contributed by atoms with Crippen LogP contribution in [0.25, 0.3) is 0 Å². The summed E-state index contributed by atoms with van der Waals surface area (Å²) in [5.74, 6) is 0.730. The monoisotopic (exact) mass is 451 g/mol. The maximum atomic E-state index is 12.9. The van der Waals surface area contributed by atoms with Crippen molar-refractivity contribution in [3.05, 3.63) is 30.1 Å². The Bertz CT molecular complexity index is 994. The molecule has 0 aliphatic heterocycles. The van der Waals surface area contributed by atoms with Crippen LogP contribution in [0, 0.1) is 33.5 Å². The van der Waals surface area contributed by atoms with Crippen molar-refractivity contribution < 1.29 is 14.3 Å². The molecule has 1 N–H and O–H groups in total. The molecule has 2 unspecified atom stereocenters. The first-order chi connectivity index (χ1) is 15.7. The molecule has 178 valence electrons. The number of pyridine rings is 1. The Labute approximate surface area is 197 Å². The average Bonchev–Trinajstić information content (AvgIpc) is 3.01. The number of hydrogen-bond donors (Lipinski definition) is 1. The molecule has 1 spiro atoms. The van der Waals surface area contributed by atoms with Gasteiger partial charge in [-0.1, -0.05) is 20.3 Å². The van der Waals surface area contributed by atoms with Crippen molar-refractivity contribution in [1.29, 1.82) is 0 Å². The van der Waals surface area contributed by atoms with Crippen LogP contribution in [0.4, 0.5) is 0 Å². The van der Waals surface area contributed by atoms with Crippen LogP contribution >= 0.6 is 0 Å². The molecule has 4 fully saturated rings. The Balaban J connectivity index is 1.42. The lowest BCUT2D eigenvalue weighted by atomic mass is 9.40. The van der Waals surface area contributed by atoms with E-state index in [1.165, 1.54) is 20.0 Å². The van der Waals surface area contributed by atoms with Gasteiger partial charge in [-0.3, -0.25) is 14.6 Å². The van der Waals surface area contributed by atoms with Gasteiger partial charge in [0.2, 0.25) is 0 Å². The SMILES string of the molecule is COC(=O)[C@]1(C)CCC[C@@]2(C)C3CC[C@@]4(C)C[C@]3(CCC21)CC4=NNC(=O)c1cccnc1. The Morgan fingerprint density at radius 1 is 1.12 bits per heavy atom. The van der Waals surface area contributed by atoms with Crippen LogP contribution in [0.15, 0.2) is 29.6 Å². The van der Waals surface area contributed by atoms with E-state index in [0.29, 0.717) is 17.4 Å². The second-order valence-corrected chi connectivity index (χ2v) is 12.0. The Morgan fingerprint density at radius 2 is 1.91 bits per heavy atom. The molecule has 2 bridgehead atoms. The molecule has 1 amide bonds. The topological polar surface area (TPSA) is 80.6 Å². The average molecular weight is 452 g/mol. The Hall–Kier alpha value is -2.24. The molecule has 4 saturated carbocycles. The van der Waals surface area contributed by atoms with Gasteiger partial charge >= 0.3 is 5.97 Å². The van der Waals surface area contributed by atoms with E-state index in [9.17, 15) is 9.59 Å². The minimum Gasteiger partial charge on any atom is -0.469 e. The minimum absolute atomic E-state index is 0.0261. The molecule has 6 atom stereocenters. The predicted octanol–water partition coefficient (Wildman–Crippen LogP) is 5.14. The number of fused-ring (bicyclic) bond motifs is 3. The lowest BCUT2D eigenvalue weighted by molar-refractivity contribution is -0.185. The van der Waals surface area contributed by atoms with Crippen LogP contribution in [0.3, 0.4) is 0 Å². The molecule has 0 aromatic carbocycles. The Kier molecular flexibility index (Phi) is 5.22. The Morgan fingerprint density at radius 3 is 2.64 bits per heavy atom. The molecule has 33 heavy (non-hydrogen) atoms. The van der Waals surface area contributed by atoms with E-state index < -0.39 is 0 Å². The summed E-state index contributed by atoms with van der Waals surface area (Å²) in [6.07, 6.45) is 13.0. The smallest absolute Gasteiger partial charge is 0.311 e. The van der Waals surface area contributed by atoms with E-state index in [2.05, 4.69) is 31.2 Å². The number of nitrogens with one attached hydrogen (secondary N) is 1.